The largest absolute Gasteiger partial charge is 0.456 e. The van der Waals surface area contributed by atoms with E-state index in [9.17, 15) is 4.39 Å². The summed E-state index contributed by atoms with van der Waals surface area (Å²) in [6.45, 7) is 1.78. The Morgan fingerprint density at radius 3 is 2.52 bits per heavy atom. The van der Waals surface area contributed by atoms with E-state index in [1.165, 1.54) is 6.07 Å². The maximum atomic E-state index is 13.7. The summed E-state index contributed by atoms with van der Waals surface area (Å²) in [5.41, 5.74) is 4.13. The molecule has 1 radical (unpaired) electrons. The second-order valence-corrected chi connectivity index (χ2v) is 6.03. The van der Waals surface area contributed by atoms with Gasteiger partial charge in [-0.25, -0.2) is 4.39 Å². The molecule has 1 nitrogen and oxygen atoms in total. The second-order valence-electron chi connectivity index (χ2n) is 5.60. The zero-order chi connectivity index (χ0) is 16.0. The first-order chi connectivity index (χ1) is 11.1. The quantitative estimate of drug-likeness (QED) is 0.422. The molecule has 3 aromatic carbocycles. The van der Waals surface area contributed by atoms with Gasteiger partial charge in [0.25, 0.3) is 0 Å². The number of fused-ring (bicyclic) bond motifs is 3. The van der Waals surface area contributed by atoms with Crippen molar-refractivity contribution >= 4 is 33.5 Å². The molecule has 0 unspecified atom stereocenters. The highest BCUT2D eigenvalue weighted by Gasteiger charge is 2.10. The van der Waals surface area contributed by atoms with Crippen molar-refractivity contribution in [2.45, 2.75) is 6.92 Å². The van der Waals surface area contributed by atoms with Gasteiger partial charge in [0.1, 0.15) is 17.0 Å². The summed E-state index contributed by atoms with van der Waals surface area (Å²) in [5, 5.41) is 2.67. The fraction of sp³-hybridized carbons (Fsp3) is 0.0500. The summed E-state index contributed by atoms with van der Waals surface area (Å²) in [7, 11) is 0. The van der Waals surface area contributed by atoms with Crippen molar-refractivity contribution < 1.29 is 8.81 Å². The molecule has 23 heavy (non-hydrogen) atoms. The van der Waals surface area contributed by atoms with E-state index in [1.54, 1.807) is 13.0 Å². The van der Waals surface area contributed by atoms with Gasteiger partial charge in [-0.3, -0.25) is 0 Å². The summed E-state index contributed by atoms with van der Waals surface area (Å²) in [6, 6.07) is 16.6. The van der Waals surface area contributed by atoms with Crippen LogP contribution in [0.15, 0.2) is 59.0 Å². The van der Waals surface area contributed by atoms with Crippen molar-refractivity contribution in [3.8, 4) is 0 Å². The topological polar surface area (TPSA) is 13.1 Å². The van der Waals surface area contributed by atoms with Crippen LogP contribution < -0.4 is 0 Å². The lowest BCUT2D eigenvalue weighted by Gasteiger charge is -2.06. The normalized spacial score (nSPS) is 11.4. The minimum atomic E-state index is -0.194. The van der Waals surface area contributed by atoms with Gasteiger partial charge in [0, 0.05) is 22.2 Å². The molecule has 113 valence electrons. The van der Waals surface area contributed by atoms with Crippen LogP contribution in [0.25, 0.3) is 21.9 Å². The Morgan fingerprint density at radius 1 is 0.957 bits per heavy atom. The lowest BCUT2D eigenvalue weighted by atomic mass is 9.99. The molecule has 0 atom stereocenters. The van der Waals surface area contributed by atoms with Crippen LogP contribution in [0.3, 0.4) is 0 Å². The molecule has 0 aliphatic rings. The number of halogens is 2. The van der Waals surface area contributed by atoms with Crippen LogP contribution in [0, 0.1) is 19.2 Å². The third-order valence-electron chi connectivity index (χ3n) is 4.09. The van der Waals surface area contributed by atoms with Gasteiger partial charge >= 0.3 is 0 Å². The van der Waals surface area contributed by atoms with Crippen LogP contribution in [0.2, 0.25) is 5.02 Å². The summed E-state index contributed by atoms with van der Waals surface area (Å²) < 4.78 is 19.5. The fourth-order valence-electron chi connectivity index (χ4n) is 2.82. The number of hydrogen-bond acceptors (Lipinski definition) is 1. The Hall–Kier alpha value is -2.32. The molecule has 0 saturated carbocycles. The predicted molar refractivity (Wildman–Crippen MR) is 92.4 cm³/mol. The molecule has 0 N–H and O–H groups in total. The Labute approximate surface area is 138 Å². The number of furan rings is 1. The van der Waals surface area contributed by atoms with E-state index in [1.807, 2.05) is 48.9 Å². The van der Waals surface area contributed by atoms with Crippen molar-refractivity contribution in [3.05, 3.63) is 88.5 Å². The maximum absolute atomic E-state index is 13.7. The SMILES string of the molecule is Cc1c(F)cccc1[CH]c1ccc2oc3ccc(Cl)cc3c2c1. The van der Waals surface area contributed by atoms with Gasteiger partial charge in [0.15, 0.2) is 0 Å². The van der Waals surface area contributed by atoms with Crippen LogP contribution >= 0.6 is 11.6 Å². The van der Waals surface area contributed by atoms with E-state index < -0.39 is 0 Å². The van der Waals surface area contributed by atoms with E-state index in [2.05, 4.69) is 0 Å². The molecule has 4 rings (SSSR count). The van der Waals surface area contributed by atoms with Crippen molar-refractivity contribution in [1.82, 2.24) is 0 Å². The standard InChI is InChI=1S/C20H13ClFO/c1-12-14(3-2-4-18(12)22)9-13-5-7-19-16(10-13)17-11-15(21)6-8-20(17)23-19/h2-11H,1H3. The van der Waals surface area contributed by atoms with Crippen LogP contribution in [-0.2, 0) is 0 Å². The zero-order valence-corrected chi connectivity index (χ0v) is 13.2. The molecule has 0 amide bonds. The van der Waals surface area contributed by atoms with Gasteiger partial charge < -0.3 is 4.42 Å². The van der Waals surface area contributed by atoms with Crippen molar-refractivity contribution in [1.29, 1.82) is 0 Å². The van der Waals surface area contributed by atoms with E-state index in [-0.39, 0.29) is 5.82 Å². The summed E-state index contributed by atoms with van der Waals surface area (Å²) >= 11 is 6.09. The predicted octanol–water partition coefficient (Wildman–Crippen LogP) is 6.29. The lowest BCUT2D eigenvalue weighted by molar-refractivity contribution is 0.617. The van der Waals surface area contributed by atoms with Gasteiger partial charge in [0.05, 0.1) is 0 Å². The molecule has 0 bridgehead atoms. The molecule has 0 spiro atoms. The molecular formula is C20H13ClFO. The first kappa shape index (κ1) is 14.3. The second kappa shape index (κ2) is 5.39. The van der Waals surface area contributed by atoms with Crippen molar-refractivity contribution in [2.75, 3.05) is 0 Å². The first-order valence-electron chi connectivity index (χ1n) is 7.33. The Bertz CT molecular complexity index is 1030. The van der Waals surface area contributed by atoms with E-state index in [0.29, 0.717) is 10.6 Å². The Kier molecular flexibility index (Phi) is 3.35. The summed E-state index contributed by atoms with van der Waals surface area (Å²) in [5.74, 6) is -0.194. The number of rotatable bonds is 2. The molecule has 0 saturated heterocycles. The average Bonchev–Trinajstić information content (AvgIpc) is 2.89. The third kappa shape index (κ3) is 2.49. The minimum Gasteiger partial charge on any atom is -0.456 e. The third-order valence-corrected chi connectivity index (χ3v) is 4.32. The van der Waals surface area contributed by atoms with Gasteiger partial charge in [-0.1, -0.05) is 29.8 Å². The van der Waals surface area contributed by atoms with Crippen LogP contribution in [0.4, 0.5) is 4.39 Å². The molecule has 3 heteroatoms. The van der Waals surface area contributed by atoms with Gasteiger partial charge in [-0.15, -0.1) is 0 Å². The summed E-state index contributed by atoms with van der Waals surface area (Å²) in [4.78, 5) is 0. The number of hydrogen-bond donors (Lipinski definition) is 0. The minimum absolute atomic E-state index is 0.194. The van der Waals surface area contributed by atoms with Crippen molar-refractivity contribution in [3.63, 3.8) is 0 Å². The Balaban J connectivity index is 1.83. The van der Waals surface area contributed by atoms with E-state index in [0.717, 1.165) is 33.1 Å². The molecule has 1 heterocycles. The van der Waals surface area contributed by atoms with Crippen LogP contribution in [0.1, 0.15) is 16.7 Å². The smallest absolute Gasteiger partial charge is 0.135 e. The summed E-state index contributed by atoms with van der Waals surface area (Å²) in [6.07, 6.45) is 1.97. The monoisotopic (exact) mass is 323 g/mol. The fourth-order valence-corrected chi connectivity index (χ4v) is 2.99. The molecule has 0 aliphatic heterocycles. The molecule has 0 fully saturated rings. The average molecular weight is 324 g/mol. The highest BCUT2D eigenvalue weighted by molar-refractivity contribution is 6.31. The van der Waals surface area contributed by atoms with E-state index in [4.69, 9.17) is 16.0 Å². The van der Waals surface area contributed by atoms with Gasteiger partial charge in [0.2, 0.25) is 0 Å². The van der Waals surface area contributed by atoms with Gasteiger partial charge in [-0.05, 0) is 60.0 Å². The van der Waals surface area contributed by atoms with Crippen LogP contribution in [0.5, 0.6) is 0 Å². The number of benzene rings is 3. The first-order valence-corrected chi connectivity index (χ1v) is 7.71. The van der Waals surface area contributed by atoms with E-state index >= 15 is 0 Å². The highest BCUT2D eigenvalue weighted by atomic mass is 35.5. The molecule has 4 aromatic rings. The van der Waals surface area contributed by atoms with Crippen molar-refractivity contribution in [2.24, 2.45) is 0 Å². The highest BCUT2D eigenvalue weighted by Crippen LogP contribution is 2.32. The Morgan fingerprint density at radius 2 is 1.70 bits per heavy atom. The maximum Gasteiger partial charge on any atom is 0.135 e. The van der Waals surface area contributed by atoms with Crippen LogP contribution in [-0.4, -0.2) is 0 Å². The molecule has 1 aromatic heterocycles. The lowest BCUT2D eigenvalue weighted by Crippen LogP contribution is -1.92. The zero-order valence-electron chi connectivity index (χ0n) is 12.4. The molecule has 0 aliphatic carbocycles. The molecular weight excluding hydrogens is 311 g/mol. The van der Waals surface area contributed by atoms with Gasteiger partial charge in [-0.2, -0.15) is 0 Å².